The number of hydrogen-bond donors (Lipinski definition) is 2. The van der Waals surface area contributed by atoms with Crippen molar-refractivity contribution in [3.63, 3.8) is 0 Å². The maximum atomic E-state index is 12.3. The third-order valence-electron chi connectivity index (χ3n) is 3.93. The molecule has 104 valence electrons. The van der Waals surface area contributed by atoms with Gasteiger partial charge in [-0.2, -0.15) is 0 Å². The Bertz CT molecular complexity index is 451. The first kappa shape index (κ1) is 13.9. The molecule has 1 aliphatic heterocycles. The van der Waals surface area contributed by atoms with E-state index in [1.807, 2.05) is 11.8 Å². The predicted molar refractivity (Wildman–Crippen MR) is 75.1 cm³/mol. The molecule has 0 radical (unpaired) electrons. The molecule has 1 heterocycles. The maximum Gasteiger partial charge on any atom is 0.253 e. The highest BCUT2D eigenvalue weighted by atomic mass is 16.3. The molecule has 1 fully saturated rings. The largest absolute Gasteiger partial charge is 0.508 e. The number of piperidine rings is 1. The van der Waals surface area contributed by atoms with Crippen molar-refractivity contribution in [2.45, 2.75) is 26.2 Å². The molecule has 1 aromatic carbocycles. The Morgan fingerprint density at radius 2 is 2.11 bits per heavy atom. The average Bonchev–Trinajstić information content (AvgIpc) is 2.42. The molecule has 1 amide bonds. The van der Waals surface area contributed by atoms with Crippen molar-refractivity contribution in [3.05, 3.63) is 29.3 Å². The minimum absolute atomic E-state index is 0.0153. The summed E-state index contributed by atoms with van der Waals surface area (Å²) in [6, 6.07) is 5.12. The lowest BCUT2D eigenvalue weighted by molar-refractivity contribution is 0.0687. The third kappa shape index (κ3) is 3.26. The molecular formula is C15H22N2O2. The van der Waals surface area contributed by atoms with Crippen molar-refractivity contribution in [2.75, 3.05) is 19.6 Å². The summed E-state index contributed by atoms with van der Waals surface area (Å²) in [7, 11) is 0. The highest BCUT2D eigenvalue weighted by Gasteiger charge is 2.23. The van der Waals surface area contributed by atoms with Crippen LogP contribution in [0.2, 0.25) is 0 Å². The third-order valence-corrected chi connectivity index (χ3v) is 3.93. The Hall–Kier alpha value is -1.55. The molecule has 3 N–H and O–H groups in total. The normalized spacial score (nSPS) is 16.6. The van der Waals surface area contributed by atoms with Gasteiger partial charge in [-0.25, -0.2) is 0 Å². The summed E-state index contributed by atoms with van der Waals surface area (Å²) in [6.45, 7) is 4.13. The fraction of sp³-hybridized carbons (Fsp3) is 0.533. The van der Waals surface area contributed by atoms with Gasteiger partial charge in [0.25, 0.3) is 5.91 Å². The van der Waals surface area contributed by atoms with Gasteiger partial charge in [-0.05, 0) is 56.3 Å². The summed E-state index contributed by atoms with van der Waals surface area (Å²) in [6.07, 6.45) is 3.11. The second kappa shape index (κ2) is 6.06. The summed E-state index contributed by atoms with van der Waals surface area (Å²) in [5.74, 6) is 0.853. The summed E-state index contributed by atoms with van der Waals surface area (Å²) in [4.78, 5) is 14.2. The monoisotopic (exact) mass is 262 g/mol. The fourth-order valence-electron chi connectivity index (χ4n) is 2.59. The van der Waals surface area contributed by atoms with E-state index in [-0.39, 0.29) is 11.7 Å². The van der Waals surface area contributed by atoms with Crippen molar-refractivity contribution < 1.29 is 9.90 Å². The summed E-state index contributed by atoms with van der Waals surface area (Å²) in [5, 5.41) is 9.67. The van der Waals surface area contributed by atoms with E-state index in [0.717, 1.165) is 44.5 Å². The molecule has 19 heavy (non-hydrogen) atoms. The van der Waals surface area contributed by atoms with Crippen molar-refractivity contribution >= 4 is 5.91 Å². The van der Waals surface area contributed by atoms with Gasteiger partial charge in [0.05, 0.1) is 0 Å². The first-order valence-electron chi connectivity index (χ1n) is 6.90. The smallest absolute Gasteiger partial charge is 0.253 e. The molecule has 1 aliphatic rings. The van der Waals surface area contributed by atoms with Crippen LogP contribution in [0.5, 0.6) is 5.75 Å². The van der Waals surface area contributed by atoms with Gasteiger partial charge in [-0.3, -0.25) is 4.79 Å². The number of phenols is 1. The number of amides is 1. The standard InChI is InChI=1S/C15H22N2O2/c1-11-2-3-13(10-14(11)18)15(19)17-8-5-12(4-7-16)6-9-17/h2-3,10,12,18H,4-9,16H2,1H3. The van der Waals surface area contributed by atoms with Crippen LogP contribution in [0.15, 0.2) is 18.2 Å². The molecule has 0 aliphatic carbocycles. The van der Waals surface area contributed by atoms with Gasteiger partial charge >= 0.3 is 0 Å². The molecule has 0 spiro atoms. The number of carbonyl (C=O) groups is 1. The van der Waals surface area contributed by atoms with Gasteiger partial charge in [0.2, 0.25) is 0 Å². The van der Waals surface area contributed by atoms with Gasteiger partial charge < -0.3 is 15.7 Å². The average molecular weight is 262 g/mol. The van der Waals surface area contributed by atoms with E-state index in [1.165, 1.54) is 0 Å². The number of nitrogens with zero attached hydrogens (tertiary/aromatic N) is 1. The molecule has 0 unspecified atom stereocenters. The first-order chi connectivity index (χ1) is 9.11. The number of phenolic OH excluding ortho intramolecular Hbond substituents is 1. The number of rotatable bonds is 3. The zero-order valence-corrected chi connectivity index (χ0v) is 11.4. The van der Waals surface area contributed by atoms with E-state index in [0.29, 0.717) is 11.5 Å². The first-order valence-corrected chi connectivity index (χ1v) is 6.90. The number of aryl methyl sites for hydroxylation is 1. The summed E-state index contributed by atoms with van der Waals surface area (Å²) in [5.41, 5.74) is 6.93. The van der Waals surface area contributed by atoms with Crippen LogP contribution < -0.4 is 5.73 Å². The summed E-state index contributed by atoms with van der Waals surface area (Å²) < 4.78 is 0. The van der Waals surface area contributed by atoms with Gasteiger partial charge in [-0.15, -0.1) is 0 Å². The molecule has 1 aromatic rings. The SMILES string of the molecule is Cc1ccc(C(=O)N2CCC(CCN)CC2)cc1O. The zero-order chi connectivity index (χ0) is 13.8. The van der Waals surface area contributed by atoms with Crippen LogP contribution in [0.25, 0.3) is 0 Å². The van der Waals surface area contributed by atoms with Crippen LogP contribution >= 0.6 is 0 Å². The fourth-order valence-corrected chi connectivity index (χ4v) is 2.59. The highest BCUT2D eigenvalue weighted by Crippen LogP contribution is 2.23. The highest BCUT2D eigenvalue weighted by molar-refractivity contribution is 5.94. The number of carbonyl (C=O) groups excluding carboxylic acids is 1. The molecule has 0 saturated carbocycles. The van der Waals surface area contributed by atoms with Crippen molar-refractivity contribution in [2.24, 2.45) is 11.7 Å². The molecule has 0 bridgehead atoms. The van der Waals surface area contributed by atoms with Crippen LogP contribution in [0.3, 0.4) is 0 Å². The number of likely N-dealkylation sites (tertiary alicyclic amines) is 1. The molecule has 0 aromatic heterocycles. The number of hydrogen-bond acceptors (Lipinski definition) is 3. The lowest BCUT2D eigenvalue weighted by atomic mass is 9.93. The van der Waals surface area contributed by atoms with E-state index in [1.54, 1.807) is 18.2 Å². The van der Waals surface area contributed by atoms with Crippen LogP contribution in [0.4, 0.5) is 0 Å². The minimum atomic E-state index is 0.0153. The maximum absolute atomic E-state index is 12.3. The van der Waals surface area contributed by atoms with E-state index in [9.17, 15) is 9.90 Å². The second-order valence-electron chi connectivity index (χ2n) is 5.31. The lowest BCUT2D eigenvalue weighted by Gasteiger charge is -2.32. The Labute approximate surface area is 114 Å². The lowest BCUT2D eigenvalue weighted by Crippen LogP contribution is -2.38. The molecule has 0 atom stereocenters. The van der Waals surface area contributed by atoms with E-state index in [4.69, 9.17) is 5.73 Å². The Balaban J connectivity index is 1.99. The van der Waals surface area contributed by atoms with Crippen molar-refractivity contribution in [1.29, 1.82) is 0 Å². The van der Waals surface area contributed by atoms with E-state index in [2.05, 4.69) is 0 Å². The van der Waals surface area contributed by atoms with Gasteiger partial charge in [0.15, 0.2) is 0 Å². The van der Waals surface area contributed by atoms with Gasteiger partial charge in [0, 0.05) is 18.7 Å². The van der Waals surface area contributed by atoms with Gasteiger partial charge in [0.1, 0.15) is 5.75 Å². The van der Waals surface area contributed by atoms with Crippen LogP contribution in [-0.2, 0) is 0 Å². The van der Waals surface area contributed by atoms with Crippen LogP contribution in [0, 0.1) is 12.8 Å². The minimum Gasteiger partial charge on any atom is -0.508 e. The summed E-state index contributed by atoms with van der Waals surface area (Å²) >= 11 is 0. The molecule has 2 rings (SSSR count). The molecule has 4 nitrogen and oxygen atoms in total. The number of nitrogens with two attached hydrogens (primary N) is 1. The second-order valence-corrected chi connectivity index (χ2v) is 5.31. The van der Waals surface area contributed by atoms with Gasteiger partial charge in [-0.1, -0.05) is 6.07 Å². The Morgan fingerprint density at radius 3 is 2.68 bits per heavy atom. The van der Waals surface area contributed by atoms with E-state index >= 15 is 0 Å². The van der Waals surface area contributed by atoms with Crippen LogP contribution in [0.1, 0.15) is 35.2 Å². The Morgan fingerprint density at radius 1 is 1.42 bits per heavy atom. The number of aromatic hydroxyl groups is 1. The Kier molecular flexibility index (Phi) is 4.43. The predicted octanol–water partition coefficient (Wildman–Crippen LogP) is 1.90. The number of benzene rings is 1. The zero-order valence-electron chi connectivity index (χ0n) is 11.4. The van der Waals surface area contributed by atoms with Crippen molar-refractivity contribution in [3.8, 4) is 5.75 Å². The van der Waals surface area contributed by atoms with E-state index < -0.39 is 0 Å². The topological polar surface area (TPSA) is 66.6 Å². The molecule has 1 saturated heterocycles. The quantitative estimate of drug-likeness (QED) is 0.874. The van der Waals surface area contributed by atoms with Crippen LogP contribution in [-0.4, -0.2) is 35.5 Å². The molecule has 4 heteroatoms. The van der Waals surface area contributed by atoms with Crippen molar-refractivity contribution in [1.82, 2.24) is 4.90 Å². The molecular weight excluding hydrogens is 240 g/mol.